The van der Waals surface area contributed by atoms with E-state index in [1.165, 1.54) is 0 Å². The first-order valence-electron chi connectivity index (χ1n) is 7.25. The van der Waals surface area contributed by atoms with Crippen LogP contribution in [-0.4, -0.2) is 29.6 Å². The lowest BCUT2D eigenvalue weighted by Crippen LogP contribution is -2.13. The Balaban J connectivity index is 1.78. The minimum atomic E-state index is -0.0467. The fourth-order valence-electron chi connectivity index (χ4n) is 2.66. The third kappa shape index (κ3) is 2.34. The van der Waals surface area contributed by atoms with Crippen molar-refractivity contribution in [1.29, 1.82) is 0 Å². The predicted molar refractivity (Wildman–Crippen MR) is 86.4 cm³/mol. The molecule has 0 atom stereocenters. The van der Waals surface area contributed by atoms with Crippen molar-refractivity contribution in [3.05, 3.63) is 35.2 Å². The van der Waals surface area contributed by atoms with Crippen molar-refractivity contribution in [1.82, 2.24) is 5.16 Å². The molecular formula is C16H15NO3S2. The van der Waals surface area contributed by atoms with Crippen molar-refractivity contribution in [3.63, 3.8) is 0 Å². The van der Waals surface area contributed by atoms with Gasteiger partial charge >= 0.3 is 0 Å². The summed E-state index contributed by atoms with van der Waals surface area (Å²) in [4.78, 5) is 15.2. The number of thioether (sulfide) groups is 2. The molecule has 2 aromatic rings. The van der Waals surface area contributed by atoms with Gasteiger partial charge in [-0.05, 0) is 31.2 Å². The number of carbonyl (C=O) groups is 1. The molecule has 0 unspecified atom stereocenters. The number of hydrogen-bond donors (Lipinski definition) is 0. The van der Waals surface area contributed by atoms with Gasteiger partial charge in [-0.2, -0.15) is 0 Å². The first kappa shape index (κ1) is 14.2. The van der Waals surface area contributed by atoms with E-state index in [-0.39, 0.29) is 5.78 Å². The molecule has 1 aromatic carbocycles. The summed E-state index contributed by atoms with van der Waals surface area (Å²) in [5, 5.41) is 3.83. The Morgan fingerprint density at radius 3 is 3.00 bits per heavy atom. The van der Waals surface area contributed by atoms with E-state index in [9.17, 15) is 4.79 Å². The lowest BCUT2D eigenvalue weighted by atomic mass is 10.0. The number of fused-ring (bicyclic) bond motifs is 1. The zero-order valence-electron chi connectivity index (χ0n) is 12.1. The topological polar surface area (TPSA) is 52.3 Å². The Morgan fingerprint density at radius 2 is 2.23 bits per heavy atom. The third-order valence-corrected chi connectivity index (χ3v) is 5.88. The molecule has 0 radical (unpaired) electrons. The number of rotatable bonds is 4. The number of ether oxygens (including phenoxy) is 1. The van der Waals surface area contributed by atoms with Gasteiger partial charge < -0.3 is 9.26 Å². The molecule has 1 aliphatic heterocycles. The summed E-state index contributed by atoms with van der Waals surface area (Å²) >= 11 is 3.43. The van der Waals surface area contributed by atoms with Crippen molar-refractivity contribution < 1.29 is 14.1 Å². The van der Waals surface area contributed by atoms with Crippen molar-refractivity contribution in [3.8, 4) is 5.75 Å². The number of hydrogen-bond acceptors (Lipinski definition) is 6. The lowest BCUT2D eigenvalue weighted by Gasteiger charge is -2.21. The Hall–Kier alpha value is -1.40. The second-order valence-electron chi connectivity index (χ2n) is 5.38. The molecule has 0 amide bonds. The molecule has 6 heteroatoms. The molecule has 0 spiro atoms. The highest BCUT2D eigenvalue weighted by molar-refractivity contribution is 8.02. The van der Waals surface area contributed by atoms with Gasteiger partial charge in [-0.3, -0.25) is 4.79 Å². The standard InChI is InChI=1S/C16H15NO3S2/c1-21-12-5-4-10(15-16(12)22-7-6-19-15)13(18)11-8-17-20-14(11)9-2-3-9/h4-5,8-9H,2-3,6-7H2,1H3. The highest BCUT2D eigenvalue weighted by atomic mass is 32.2. The van der Waals surface area contributed by atoms with E-state index in [1.54, 1.807) is 29.7 Å². The zero-order valence-corrected chi connectivity index (χ0v) is 13.8. The quantitative estimate of drug-likeness (QED) is 0.623. The molecule has 1 saturated carbocycles. The molecule has 4 nitrogen and oxygen atoms in total. The van der Waals surface area contributed by atoms with Crippen LogP contribution in [0.1, 0.15) is 40.4 Å². The summed E-state index contributed by atoms with van der Waals surface area (Å²) in [5.74, 6) is 2.68. The summed E-state index contributed by atoms with van der Waals surface area (Å²) in [6.45, 7) is 0.634. The molecule has 2 aliphatic rings. The summed E-state index contributed by atoms with van der Waals surface area (Å²) in [6.07, 6.45) is 5.73. The smallest absolute Gasteiger partial charge is 0.201 e. The van der Waals surface area contributed by atoms with E-state index in [4.69, 9.17) is 9.26 Å². The fraction of sp³-hybridized carbons (Fsp3) is 0.375. The van der Waals surface area contributed by atoms with Crippen LogP contribution in [0.15, 0.2) is 32.6 Å². The zero-order chi connectivity index (χ0) is 15.1. The maximum Gasteiger partial charge on any atom is 0.201 e. The van der Waals surface area contributed by atoms with Crippen LogP contribution >= 0.6 is 23.5 Å². The molecule has 0 bridgehead atoms. The van der Waals surface area contributed by atoms with Crippen LogP contribution in [-0.2, 0) is 0 Å². The van der Waals surface area contributed by atoms with Gasteiger partial charge in [-0.1, -0.05) is 5.16 Å². The molecule has 1 fully saturated rings. The molecular weight excluding hydrogens is 318 g/mol. The van der Waals surface area contributed by atoms with Gasteiger partial charge in [0, 0.05) is 16.6 Å². The molecule has 1 aromatic heterocycles. The SMILES string of the molecule is CSc1ccc(C(=O)c2cnoc2C2CC2)c2c1SCCO2. The fourth-order valence-corrected chi connectivity index (χ4v) is 4.45. The summed E-state index contributed by atoms with van der Waals surface area (Å²) in [6, 6.07) is 3.87. The van der Waals surface area contributed by atoms with E-state index in [1.807, 2.05) is 18.4 Å². The van der Waals surface area contributed by atoms with Crippen LogP contribution in [0.25, 0.3) is 0 Å². The van der Waals surface area contributed by atoms with Gasteiger partial charge in [0.15, 0.2) is 5.76 Å². The van der Waals surface area contributed by atoms with Crippen LogP contribution in [0, 0.1) is 0 Å². The number of benzene rings is 1. The van der Waals surface area contributed by atoms with Gasteiger partial charge in [0.25, 0.3) is 0 Å². The van der Waals surface area contributed by atoms with Crippen LogP contribution < -0.4 is 4.74 Å². The normalized spacial score (nSPS) is 17.0. The largest absolute Gasteiger partial charge is 0.491 e. The van der Waals surface area contributed by atoms with Gasteiger partial charge in [0.05, 0.1) is 28.8 Å². The maximum absolute atomic E-state index is 12.9. The molecule has 1 aliphatic carbocycles. The van der Waals surface area contributed by atoms with Gasteiger partial charge in [0.1, 0.15) is 5.75 Å². The minimum Gasteiger partial charge on any atom is -0.491 e. The monoisotopic (exact) mass is 333 g/mol. The molecule has 0 saturated heterocycles. The van der Waals surface area contributed by atoms with Crippen molar-refractivity contribution in [2.24, 2.45) is 0 Å². The van der Waals surface area contributed by atoms with Crippen molar-refractivity contribution in [2.75, 3.05) is 18.6 Å². The van der Waals surface area contributed by atoms with E-state index in [2.05, 4.69) is 5.16 Å². The molecule has 114 valence electrons. The predicted octanol–water partition coefficient (Wildman–Crippen LogP) is 3.99. The van der Waals surface area contributed by atoms with E-state index < -0.39 is 0 Å². The molecule has 0 N–H and O–H groups in total. The Labute approximate surface area is 137 Å². The van der Waals surface area contributed by atoms with E-state index in [0.717, 1.165) is 39.9 Å². The molecule has 2 heterocycles. The average molecular weight is 333 g/mol. The van der Waals surface area contributed by atoms with Crippen molar-refractivity contribution >= 4 is 29.3 Å². The second-order valence-corrected chi connectivity index (χ2v) is 7.33. The highest BCUT2D eigenvalue weighted by Gasteiger charge is 2.34. The Bertz CT molecular complexity index is 737. The van der Waals surface area contributed by atoms with Gasteiger partial charge in [0.2, 0.25) is 5.78 Å². The lowest BCUT2D eigenvalue weighted by molar-refractivity contribution is 0.103. The number of ketones is 1. The first-order valence-corrected chi connectivity index (χ1v) is 9.46. The Kier molecular flexibility index (Phi) is 3.66. The van der Waals surface area contributed by atoms with Gasteiger partial charge in [-0.15, -0.1) is 23.5 Å². The highest BCUT2D eigenvalue weighted by Crippen LogP contribution is 2.45. The van der Waals surface area contributed by atoms with Crippen LogP contribution in [0.4, 0.5) is 0 Å². The molecule has 4 rings (SSSR count). The van der Waals surface area contributed by atoms with E-state index in [0.29, 0.717) is 23.7 Å². The number of carbonyl (C=O) groups excluding carboxylic acids is 1. The number of aromatic nitrogens is 1. The van der Waals surface area contributed by atoms with E-state index >= 15 is 0 Å². The molecule has 22 heavy (non-hydrogen) atoms. The maximum atomic E-state index is 12.9. The van der Waals surface area contributed by atoms with Crippen LogP contribution in [0.3, 0.4) is 0 Å². The third-order valence-electron chi connectivity index (χ3n) is 3.91. The first-order chi connectivity index (χ1) is 10.8. The van der Waals surface area contributed by atoms with Gasteiger partial charge in [-0.25, -0.2) is 0 Å². The van der Waals surface area contributed by atoms with Crippen LogP contribution in [0.2, 0.25) is 0 Å². The van der Waals surface area contributed by atoms with Crippen molar-refractivity contribution in [2.45, 2.75) is 28.6 Å². The minimum absolute atomic E-state index is 0.0467. The average Bonchev–Trinajstić information content (AvgIpc) is 3.30. The van der Waals surface area contributed by atoms with Crippen LogP contribution in [0.5, 0.6) is 5.75 Å². The summed E-state index contributed by atoms with van der Waals surface area (Å²) in [5.41, 5.74) is 1.20. The Morgan fingerprint density at radius 1 is 1.36 bits per heavy atom. The summed E-state index contributed by atoms with van der Waals surface area (Å²) < 4.78 is 11.1. The summed E-state index contributed by atoms with van der Waals surface area (Å²) in [7, 11) is 0. The second kappa shape index (κ2) is 5.66. The number of nitrogens with zero attached hydrogens (tertiary/aromatic N) is 1.